The van der Waals surface area contributed by atoms with Gasteiger partial charge in [-0.2, -0.15) is 0 Å². The van der Waals surface area contributed by atoms with Crippen LogP contribution in [0.2, 0.25) is 0 Å². The fraction of sp³-hybridized carbons (Fsp3) is 0.500. The van der Waals surface area contributed by atoms with Crippen LogP contribution in [-0.4, -0.2) is 45.1 Å². The van der Waals surface area contributed by atoms with E-state index in [-0.39, 0.29) is 18.2 Å². The first-order chi connectivity index (χ1) is 10.1. The van der Waals surface area contributed by atoms with E-state index in [0.29, 0.717) is 13.0 Å². The third-order valence-corrected chi connectivity index (χ3v) is 3.79. The van der Waals surface area contributed by atoms with Crippen LogP contribution in [0.5, 0.6) is 5.75 Å². The summed E-state index contributed by atoms with van der Waals surface area (Å²) in [5, 5.41) is 30.2. The van der Waals surface area contributed by atoms with Crippen molar-refractivity contribution in [2.45, 2.75) is 31.7 Å². The SMILES string of the molecule is O=C(c1cccc([N+](=O)[O-])c1O)N1CCCCCC1CO. The van der Waals surface area contributed by atoms with Crippen molar-refractivity contribution >= 4 is 11.6 Å². The lowest BCUT2D eigenvalue weighted by Gasteiger charge is -2.28. The number of aromatic hydroxyl groups is 1. The Kier molecular flexibility index (Phi) is 4.74. The summed E-state index contributed by atoms with van der Waals surface area (Å²) in [6.07, 6.45) is 3.41. The molecule has 1 aromatic rings. The monoisotopic (exact) mass is 294 g/mol. The van der Waals surface area contributed by atoms with Crippen LogP contribution < -0.4 is 0 Å². The lowest BCUT2D eigenvalue weighted by Crippen LogP contribution is -2.42. The van der Waals surface area contributed by atoms with Gasteiger partial charge in [0.25, 0.3) is 5.91 Å². The summed E-state index contributed by atoms with van der Waals surface area (Å²) in [5.74, 6) is -1.09. The van der Waals surface area contributed by atoms with E-state index in [2.05, 4.69) is 0 Å². The lowest BCUT2D eigenvalue weighted by molar-refractivity contribution is -0.385. The third-order valence-electron chi connectivity index (χ3n) is 3.79. The van der Waals surface area contributed by atoms with Gasteiger partial charge in [0, 0.05) is 12.6 Å². The van der Waals surface area contributed by atoms with E-state index in [0.717, 1.165) is 25.3 Å². The van der Waals surface area contributed by atoms with Crippen molar-refractivity contribution in [3.63, 3.8) is 0 Å². The Hall–Kier alpha value is -2.15. The molecule has 0 bridgehead atoms. The number of hydrogen-bond donors (Lipinski definition) is 2. The zero-order valence-corrected chi connectivity index (χ0v) is 11.6. The molecule has 0 aromatic heterocycles. The second kappa shape index (κ2) is 6.53. The second-order valence-corrected chi connectivity index (χ2v) is 5.11. The molecule has 7 heteroatoms. The Morgan fingerprint density at radius 1 is 1.38 bits per heavy atom. The Bertz CT molecular complexity index is 546. The summed E-state index contributed by atoms with van der Waals surface area (Å²) in [4.78, 5) is 24.2. The molecule has 0 spiro atoms. The maximum atomic E-state index is 12.5. The van der Waals surface area contributed by atoms with E-state index in [9.17, 15) is 25.1 Å². The standard InChI is InChI=1S/C14H18N2O5/c17-9-10-5-2-1-3-8-15(10)14(19)11-6-4-7-12(13(11)18)16(20)21/h4,6-7,10,17-18H,1-3,5,8-9H2. The minimum absolute atomic E-state index is 0.0930. The average molecular weight is 294 g/mol. The predicted octanol–water partition coefficient (Wildman–Crippen LogP) is 1.68. The lowest BCUT2D eigenvalue weighted by atomic mass is 10.1. The Morgan fingerprint density at radius 3 is 2.81 bits per heavy atom. The maximum absolute atomic E-state index is 12.5. The first kappa shape index (κ1) is 15.2. The highest BCUT2D eigenvalue weighted by atomic mass is 16.6. The van der Waals surface area contributed by atoms with E-state index in [1.165, 1.54) is 17.0 Å². The molecule has 114 valence electrons. The number of phenols is 1. The highest BCUT2D eigenvalue weighted by molar-refractivity contribution is 5.98. The molecule has 1 unspecified atom stereocenters. The number of nitro groups is 1. The zero-order valence-electron chi connectivity index (χ0n) is 11.6. The molecule has 1 amide bonds. The minimum atomic E-state index is -0.724. The molecule has 0 aliphatic carbocycles. The first-order valence-corrected chi connectivity index (χ1v) is 6.94. The van der Waals surface area contributed by atoms with Gasteiger partial charge in [0.1, 0.15) is 0 Å². The number of aliphatic hydroxyl groups excluding tert-OH is 1. The Labute approximate surface area is 122 Å². The number of carbonyl (C=O) groups excluding carboxylic acids is 1. The highest BCUT2D eigenvalue weighted by Gasteiger charge is 2.29. The molecule has 1 fully saturated rings. The number of aliphatic hydroxyl groups is 1. The summed E-state index contributed by atoms with van der Waals surface area (Å²) < 4.78 is 0. The molecule has 0 saturated carbocycles. The molecule has 1 heterocycles. The van der Waals surface area contributed by atoms with Crippen LogP contribution in [0, 0.1) is 10.1 Å². The largest absolute Gasteiger partial charge is 0.502 e. The van der Waals surface area contributed by atoms with Crippen molar-refractivity contribution in [1.82, 2.24) is 4.90 Å². The topological polar surface area (TPSA) is 104 Å². The number of phenolic OH excluding ortho intramolecular Hbond substituents is 1. The number of benzene rings is 1. The van der Waals surface area contributed by atoms with Gasteiger partial charge >= 0.3 is 5.69 Å². The third kappa shape index (κ3) is 3.13. The maximum Gasteiger partial charge on any atom is 0.311 e. The molecule has 1 aliphatic heterocycles. The van der Waals surface area contributed by atoms with E-state index < -0.39 is 22.3 Å². The van der Waals surface area contributed by atoms with Crippen molar-refractivity contribution in [3.05, 3.63) is 33.9 Å². The van der Waals surface area contributed by atoms with Crippen molar-refractivity contribution in [3.8, 4) is 5.75 Å². The molecule has 7 nitrogen and oxygen atoms in total. The van der Waals surface area contributed by atoms with Gasteiger partial charge in [-0.25, -0.2) is 0 Å². The van der Waals surface area contributed by atoms with E-state index in [1.807, 2.05) is 0 Å². The summed E-state index contributed by atoms with van der Waals surface area (Å²) in [5.41, 5.74) is -0.583. The fourth-order valence-electron chi connectivity index (χ4n) is 2.64. The predicted molar refractivity (Wildman–Crippen MR) is 75.1 cm³/mol. The number of hydrogen-bond acceptors (Lipinski definition) is 5. The first-order valence-electron chi connectivity index (χ1n) is 6.94. The number of likely N-dealkylation sites (tertiary alicyclic amines) is 1. The van der Waals surface area contributed by atoms with E-state index >= 15 is 0 Å². The van der Waals surface area contributed by atoms with E-state index in [1.54, 1.807) is 0 Å². The average Bonchev–Trinajstić information content (AvgIpc) is 2.71. The van der Waals surface area contributed by atoms with Gasteiger partial charge in [0.2, 0.25) is 5.75 Å². The molecule has 1 aromatic carbocycles. The molecule has 1 atom stereocenters. The number of carbonyl (C=O) groups is 1. The van der Waals surface area contributed by atoms with Gasteiger partial charge in [-0.3, -0.25) is 14.9 Å². The summed E-state index contributed by atoms with van der Waals surface area (Å²) in [6.45, 7) is 0.327. The van der Waals surface area contributed by atoms with Crippen molar-refractivity contribution < 1.29 is 19.9 Å². The van der Waals surface area contributed by atoms with Crippen LogP contribution in [0.3, 0.4) is 0 Å². The number of nitro benzene ring substituents is 1. The summed E-state index contributed by atoms with van der Waals surface area (Å²) in [7, 11) is 0. The number of amides is 1. The fourth-order valence-corrected chi connectivity index (χ4v) is 2.64. The quantitative estimate of drug-likeness (QED) is 0.652. The van der Waals surface area contributed by atoms with Gasteiger partial charge in [-0.1, -0.05) is 18.9 Å². The second-order valence-electron chi connectivity index (χ2n) is 5.11. The van der Waals surface area contributed by atoms with Crippen molar-refractivity contribution in [2.24, 2.45) is 0 Å². The number of para-hydroxylation sites is 1. The van der Waals surface area contributed by atoms with Crippen LogP contribution in [0.4, 0.5) is 5.69 Å². The van der Waals surface area contributed by atoms with Crippen molar-refractivity contribution in [1.29, 1.82) is 0 Å². The Balaban J connectivity index is 2.34. The molecule has 1 aliphatic rings. The van der Waals surface area contributed by atoms with Gasteiger partial charge in [0.05, 0.1) is 23.1 Å². The summed E-state index contributed by atoms with van der Waals surface area (Å²) >= 11 is 0. The molecule has 1 saturated heterocycles. The van der Waals surface area contributed by atoms with Crippen LogP contribution in [0.15, 0.2) is 18.2 Å². The highest BCUT2D eigenvalue weighted by Crippen LogP contribution is 2.31. The molecular weight excluding hydrogens is 276 g/mol. The van der Waals surface area contributed by atoms with Crippen LogP contribution in [0.1, 0.15) is 36.0 Å². The normalized spacial score (nSPS) is 19.1. The van der Waals surface area contributed by atoms with Crippen molar-refractivity contribution in [2.75, 3.05) is 13.2 Å². The number of rotatable bonds is 3. The van der Waals surface area contributed by atoms with E-state index in [4.69, 9.17) is 0 Å². The van der Waals surface area contributed by atoms with Gasteiger partial charge in [-0.05, 0) is 18.9 Å². The Morgan fingerprint density at radius 2 is 2.14 bits per heavy atom. The molecular formula is C14H18N2O5. The van der Waals surface area contributed by atoms with Gasteiger partial charge in [-0.15, -0.1) is 0 Å². The van der Waals surface area contributed by atoms with Gasteiger partial charge < -0.3 is 15.1 Å². The molecule has 0 radical (unpaired) electrons. The molecule has 2 N–H and O–H groups in total. The molecule has 2 rings (SSSR count). The smallest absolute Gasteiger partial charge is 0.311 e. The van der Waals surface area contributed by atoms with Crippen LogP contribution >= 0.6 is 0 Å². The molecule has 21 heavy (non-hydrogen) atoms. The zero-order chi connectivity index (χ0) is 15.4. The van der Waals surface area contributed by atoms with Gasteiger partial charge in [0.15, 0.2) is 0 Å². The summed E-state index contributed by atoms with van der Waals surface area (Å²) in [6, 6.07) is 3.58. The van der Waals surface area contributed by atoms with Crippen LogP contribution in [0.25, 0.3) is 0 Å². The minimum Gasteiger partial charge on any atom is -0.502 e. The van der Waals surface area contributed by atoms with Crippen LogP contribution in [-0.2, 0) is 0 Å². The number of nitrogens with zero attached hydrogens (tertiary/aromatic N) is 2.